The van der Waals surface area contributed by atoms with Gasteiger partial charge in [0, 0.05) is 67.4 Å². The maximum absolute atomic E-state index is 13.3. The highest BCUT2D eigenvalue weighted by Gasteiger charge is 2.30. The van der Waals surface area contributed by atoms with Crippen molar-refractivity contribution < 1.29 is 14.5 Å². The standard InChI is InChI=1S/C33H32N6O4/c1-37-20-29(34-21-37)23-11-13-25(14-12-23)35-32(31-27-19-26(39(42)43)15-16-28(27)36-33(31)41)24-9-7-22(8-10-24)5-4-18-38-17-3-2-6-30(38)40/h7-16,19-21,35H,2-6,17-18H2,1H3,(H,36,41)/b32-31-. The molecular formula is C33H32N6O4. The van der Waals surface area contributed by atoms with Crippen molar-refractivity contribution in [2.24, 2.45) is 7.05 Å². The fourth-order valence-corrected chi connectivity index (χ4v) is 5.64. The molecule has 43 heavy (non-hydrogen) atoms. The van der Waals surface area contributed by atoms with Crippen molar-refractivity contribution in [2.45, 2.75) is 32.1 Å². The minimum Gasteiger partial charge on any atom is -0.354 e. The molecule has 1 aromatic heterocycles. The largest absolute Gasteiger partial charge is 0.354 e. The van der Waals surface area contributed by atoms with Crippen molar-refractivity contribution in [3.63, 3.8) is 0 Å². The highest BCUT2D eigenvalue weighted by Crippen LogP contribution is 2.39. The number of rotatable bonds is 9. The number of imidazole rings is 1. The molecule has 0 radical (unpaired) electrons. The minimum atomic E-state index is -0.462. The molecule has 0 aliphatic carbocycles. The molecule has 3 aromatic carbocycles. The second-order valence-corrected chi connectivity index (χ2v) is 11.0. The molecule has 2 N–H and O–H groups in total. The molecule has 2 aliphatic rings. The van der Waals surface area contributed by atoms with Crippen LogP contribution in [0.25, 0.3) is 22.5 Å². The van der Waals surface area contributed by atoms with Crippen molar-refractivity contribution >= 4 is 40.1 Å². The van der Waals surface area contributed by atoms with Crippen LogP contribution >= 0.6 is 0 Å². The van der Waals surface area contributed by atoms with Gasteiger partial charge in [-0.1, -0.05) is 36.4 Å². The van der Waals surface area contributed by atoms with E-state index in [4.69, 9.17) is 0 Å². The third-order valence-corrected chi connectivity index (χ3v) is 7.92. The molecule has 10 nitrogen and oxygen atoms in total. The highest BCUT2D eigenvalue weighted by molar-refractivity contribution is 6.37. The number of fused-ring (bicyclic) bond motifs is 1. The first-order valence-electron chi connectivity index (χ1n) is 14.4. The van der Waals surface area contributed by atoms with E-state index in [1.807, 2.05) is 71.2 Å². The van der Waals surface area contributed by atoms with E-state index >= 15 is 0 Å². The van der Waals surface area contributed by atoms with Crippen LogP contribution in [0.4, 0.5) is 17.1 Å². The van der Waals surface area contributed by atoms with E-state index in [9.17, 15) is 19.7 Å². The van der Waals surface area contributed by atoms with Gasteiger partial charge in [-0.15, -0.1) is 0 Å². The molecule has 0 atom stereocenters. The monoisotopic (exact) mass is 576 g/mol. The Hall–Kier alpha value is -5.25. The summed E-state index contributed by atoms with van der Waals surface area (Å²) in [5.41, 5.74) is 6.26. The van der Waals surface area contributed by atoms with E-state index in [1.54, 1.807) is 12.4 Å². The molecule has 4 aromatic rings. The first-order valence-corrected chi connectivity index (χ1v) is 14.4. The number of nitrogens with zero attached hydrogens (tertiary/aromatic N) is 4. The third kappa shape index (κ3) is 6.04. The number of hydrogen-bond acceptors (Lipinski definition) is 6. The van der Waals surface area contributed by atoms with E-state index in [0.29, 0.717) is 28.9 Å². The van der Waals surface area contributed by atoms with Gasteiger partial charge >= 0.3 is 0 Å². The molecule has 2 amide bonds. The van der Waals surface area contributed by atoms with Crippen LogP contribution in [0.1, 0.15) is 42.4 Å². The predicted octanol–water partition coefficient (Wildman–Crippen LogP) is 5.87. The zero-order chi connectivity index (χ0) is 29.9. The molecule has 6 rings (SSSR count). The second-order valence-electron chi connectivity index (χ2n) is 11.0. The maximum Gasteiger partial charge on any atom is 0.270 e. The SMILES string of the molecule is Cn1cnc(-c2ccc(N/C(=C3\C(=O)Nc4ccc([N+](=O)[O-])cc43)c3ccc(CCCN4CCCCC4=O)cc3)cc2)c1. The smallest absolute Gasteiger partial charge is 0.270 e. The minimum absolute atomic E-state index is 0.0886. The van der Waals surface area contributed by atoms with Crippen molar-refractivity contribution in [1.82, 2.24) is 14.5 Å². The molecule has 2 aliphatic heterocycles. The van der Waals surface area contributed by atoms with E-state index in [2.05, 4.69) is 15.6 Å². The normalized spacial score (nSPS) is 15.7. The number of aryl methyl sites for hydroxylation is 2. The van der Waals surface area contributed by atoms with E-state index < -0.39 is 4.92 Å². The number of non-ortho nitro benzene ring substituents is 1. The molecule has 0 bridgehead atoms. The summed E-state index contributed by atoms with van der Waals surface area (Å²) >= 11 is 0. The Balaban J connectivity index is 1.30. The number of carbonyl (C=O) groups is 2. The summed E-state index contributed by atoms with van der Waals surface area (Å²) in [7, 11) is 1.92. The van der Waals surface area contributed by atoms with Crippen LogP contribution in [0, 0.1) is 10.1 Å². The molecule has 218 valence electrons. The summed E-state index contributed by atoms with van der Waals surface area (Å²) in [6.45, 7) is 1.59. The highest BCUT2D eigenvalue weighted by atomic mass is 16.6. The Morgan fingerprint density at radius 1 is 1.05 bits per heavy atom. The Morgan fingerprint density at radius 2 is 1.84 bits per heavy atom. The molecule has 0 saturated carbocycles. The average Bonchev–Trinajstić information content (AvgIpc) is 3.59. The van der Waals surface area contributed by atoms with Crippen LogP contribution in [-0.4, -0.2) is 44.3 Å². The third-order valence-electron chi connectivity index (χ3n) is 7.92. The zero-order valence-electron chi connectivity index (χ0n) is 23.9. The number of aromatic nitrogens is 2. The fraction of sp³-hybridized carbons (Fsp3) is 0.242. The van der Waals surface area contributed by atoms with Gasteiger partial charge in [-0.2, -0.15) is 0 Å². The number of hydrogen-bond donors (Lipinski definition) is 2. The fourth-order valence-electron chi connectivity index (χ4n) is 5.64. The van der Waals surface area contributed by atoms with Crippen molar-refractivity contribution in [1.29, 1.82) is 0 Å². The number of anilines is 2. The van der Waals surface area contributed by atoms with Crippen LogP contribution in [-0.2, 0) is 23.1 Å². The van der Waals surface area contributed by atoms with Gasteiger partial charge in [0.2, 0.25) is 5.91 Å². The van der Waals surface area contributed by atoms with E-state index in [1.165, 1.54) is 12.1 Å². The van der Waals surface area contributed by atoms with Crippen LogP contribution in [0.2, 0.25) is 0 Å². The van der Waals surface area contributed by atoms with Gasteiger partial charge in [-0.25, -0.2) is 4.98 Å². The van der Waals surface area contributed by atoms with Gasteiger partial charge in [0.05, 0.1) is 28.2 Å². The van der Waals surface area contributed by atoms with Crippen LogP contribution in [0.3, 0.4) is 0 Å². The number of benzene rings is 3. The Morgan fingerprint density at radius 3 is 2.53 bits per heavy atom. The van der Waals surface area contributed by atoms with Crippen LogP contribution in [0.15, 0.2) is 79.3 Å². The molecule has 0 unspecified atom stereocenters. The molecule has 0 spiro atoms. The topological polar surface area (TPSA) is 122 Å². The number of nitro benzene ring substituents is 1. The van der Waals surface area contributed by atoms with Crippen LogP contribution < -0.4 is 10.6 Å². The molecule has 3 heterocycles. The maximum atomic E-state index is 13.3. The Kier molecular flexibility index (Phi) is 7.74. The first-order chi connectivity index (χ1) is 20.9. The number of piperidine rings is 1. The summed E-state index contributed by atoms with van der Waals surface area (Å²) in [6, 6.07) is 20.1. The van der Waals surface area contributed by atoms with Gasteiger partial charge in [-0.3, -0.25) is 19.7 Å². The summed E-state index contributed by atoms with van der Waals surface area (Å²) in [5.74, 6) is -0.0919. The zero-order valence-corrected chi connectivity index (χ0v) is 23.9. The average molecular weight is 577 g/mol. The lowest BCUT2D eigenvalue weighted by atomic mass is 9.98. The quantitative estimate of drug-likeness (QED) is 0.146. The van der Waals surface area contributed by atoms with Crippen molar-refractivity contribution in [3.05, 3.63) is 106 Å². The van der Waals surface area contributed by atoms with E-state index in [-0.39, 0.29) is 17.5 Å². The predicted molar refractivity (Wildman–Crippen MR) is 166 cm³/mol. The number of carbonyl (C=O) groups excluding carboxylic acids is 2. The molecular weight excluding hydrogens is 544 g/mol. The van der Waals surface area contributed by atoms with Crippen LogP contribution in [0.5, 0.6) is 0 Å². The summed E-state index contributed by atoms with van der Waals surface area (Å²) in [4.78, 5) is 42.9. The summed E-state index contributed by atoms with van der Waals surface area (Å²) < 4.78 is 1.89. The van der Waals surface area contributed by atoms with Crippen molar-refractivity contribution in [2.75, 3.05) is 23.7 Å². The molecule has 1 saturated heterocycles. The lowest BCUT2D eigenvalue weighted by molar-refractivity contribution is -0.384. The summed E-state index contributed by atoms with van der Waals surface area (Å²) in [6.07, 6.45) is 8.08. The lowest BCUT2D eigenvalue weighted by Gasteiger charge is -2.26. The van der Waals surface area contributed by atoms with Gasteiger partial charge in [-0.05, 0) is 55.0 Å². The van der Waals surface area contributed by atoms with Gasteiger partial charge in [0.25, 0.3) is 11.6 Å². The number of amides is 2. The van der Waals surface area contributed by atoms with E-state index in [0.717, 1.165) is 66.8 Å². The number of likely N-dealkylation sites (tertiary alicyclic amines) is 1. The number of nitrogens with one attached hydrogen (secondary N) is 2. The summed E-state index contributed by atoms with van der Waals surface area (Å²) in [5, 5.41) is 17.8. The van der Waals surface area contributed by atoms with Gasteiger partial charge in [0.1, 0.15) is 0 Å². The first kappa shape index (κ1) is 27.9. The molecule has 10 heteroatoms. The lowest BCUT2D eigenvalue weighted by Crippen LogP contribution is -2.36. The van der Waals surface area contributed by atoms with Gasteiger partial charge in [0.15, 0.2) is 0 Å². The Labute approximate surface area is 249 Å². The number of nitro groups is 1. The van der Waals surface area contributed by atoms with Crippen molar-refractivity contribution in [3.8, 4) is 11.3 Å². The Bertz CT molecular complexity index is 1720. The molecule has 1 fully saturated rings. The van der Waals surface area contributed by atoms with Gasteiger partial charge < -0.3 is 20.1 Å². The second kappa shape index (κ2) is 11.9.